The summed E-state index contributed by atoms with van der Waals surface area (Å²) < 4.78 is 5.46. The predicted octanol–water partition coefficient (Wildman–Crippen LogP) is 2.11. The maximum Gasteiger partial charge on any atom is 0.0978 e. The molecular weight excluding hydrogens is 238 g/mol. The predicted molar refractivity (Wildman–Crippen MR) is 78.0 cm³/mol. The number of hydrogen-bond acceptors (Lipinski definition) is 4. The molecule has 1 aliphatic rings. The van der Waals surface area contributed by atoms with Crippen LogP contribution < -0.4 is 0 Å². The topological polar surface area (TPSA) is 39.5 Å². The molecule has 1 rings (SSSR count). The molecule has 1 aliphatic heterocycles. The standard InChI is InChI=1S/C15H29N3O/c1-5-6-14(13-16)18-11-9-17(10-12-18)8-7-15(2,3)19-4/h14H,5-12H2,1-4H3. The number of ether oxygens (including phenoxy) is 1. The van der Waals surface area contributed by atoms with E-state index in [0.29, 0.717) is 0 Å². The molecule has 0 bridgehead atoms. The van der Waals surface area contributed by atoms with E-state index in [1.165, 1.54) is 0 Å². The molecule has 1 fully saturated rings. The lowest BCUT2D eigenvalue weighted by molar-refractivity contribution is 0.00235. The van der Waals surface area contributed by atoms with Gasteiger partial charge in [-0.15, -0.1) is 0 Å². The first-order chi connectivity index (χ1) is 9.02. The van der Waals surface area contributed by atoms with Gasteiger partial charge in [-0.2, -0.15) is 5.26 Å². The summed E-state index contributed by atoms with van der Waals surface area (Å²) in [4.78, 5) is 4.82. The van der Waals surface area contributed by atoms with Crippen LogP contribution in [0.15, 0.2) is 0 Å². The average Bonchev–Trinajstić information content (AvgIpc) is 2.43. The van der Waals surface area contributed by atoms with Gasteiger partial charge in [-0.3, -0.25) is 4.90 Å². The first kappa shape index (κ1) is 16.4. The van der Waals surface area contributed by atoms with Crippen molar-refractivity contribution in [3.05, 3.63) is 0 Å². The molecule has 0 N–H and O–H groups in total. The van der Waals surface area contributed by atoms with Gasteiger partial charge in [-0.05, 0) is 26.7 Å². The summed E-state index contributed by atoms with van der Waals surface area (Å²) in [6.07, 6.45) is 3.13. The molecule has 0 spiro atoms. The van der Waals surface area contributed by atoms with E-state index in [1.807, 2.05) is 0 Å². The summed E-state index contributed by atoms with van der Waals surface area (Å²) in [5.74, 6) is 0. The van der Waals surface area contributed by atoms with Gasteiger partial charge < -0.3 is 9.64 Å². The van der Waals surface area contributed by atoms with Crippen molar-refractivity contribution in [1.29, 1.82) is 5.26 Å². The van der Waals surface area contributed by atoms with Crippen LogP contribution >= 0.6 is 0 Å². The molecule has 1 saturated heterocycles. The quantitative estimate of drug-likeness (QED) is 0.708. The highest BCUT2D eigenvalue weighted by Crippen LogP contribution is 2.15. The molecule has 0 radical (unpaired) electrons. The van der Waals surface area contributed by atoms with Crippen LogP contribution in [0.4, 0.5) is 0 Å². The van der Waals surface area contributed by atoms with Crippen LogP contribution in [-0.2, 0) is 4.74 Å². The van der Waals surface area contributed by atoms with E-state index in [0.717, 1.165) is 52.0 Å². The number of methoxy groups -OCH3 is 1. The Labute approximate surface area is 118 Å². The van der Waals surface area contributed by atoms with Crippen LogP contribution in [0.2, 0.25) is 0 Å². The van der Waals surface area contributed by atoms with E-state index in [-0.39, 0.29) is 11.6 Å². The molecule has 0 aromatic heterocycles. The summed E-state index contributed by atoms with van der Waals surface area (Å²) in [5.41, 5.74) is -0.0332. The lowest BCUT2D eigenvalue weighted by Gasteiger charge is -2.38. The van der Waals surface area contributed by atoms with Gasteiger partial charge in [0.25, 0.3) is 0 Å². The van der Waals surface area contributed by atoms with Crippen molar-refractivity contribution < 1.29 is 4.74 Å². The first-order valence-electron chi connectivity index (χ1n) is 7.43. The number of piperazine rings is 1. The van der Waals surface area contributed by atoms with Crippen LogP contribution in [0.25, 0.3) is 0 Å². The van der Waals surface area contributed by atoms with Crippen molar-refractivity contribution in [3.8, 4) is 6.07 Å². The van der Waals surface area contributed by atoms with Crippen molar-refractivity contribution in [2.24, 2.45) is 0 Å². The molecule has 1 atom stereocenters. The maximum atomic E-state index is 9.20. The van der Waals surface area contributed by atoms with E-state index in [2.05, 4.69) is 36.6 Å². The van der Waals surface area contributed by atoms with Gasteiger partial charge in [0.1, 0.15) is 0 Å². The summed E-state index contributed by atoms with van der Waals surface area (Å²) in [5, 5.41) is 9.20. The Balaban J connectivity index is 2.31. The minimum absolute atomic E-state index is 0.0332. The molecule has 19 heavy (non-hydrogen) atoms. The highest BCUT2D eigenvalue weighted by atomic mass is 16.5. The number of nitriles is 1. The third kappa shape index (κ3) is 5.48. The fraction of sp³-hybridized carbons (Fsp3) is 0.933. The van der Waals surface area contributed by atoms with E-state index in [9.17, 15) is 5.26 Å². The van der Waals surface area contributed by atoms with Crippen molar-refractivity contribution in [3.63, 3.8) is 0 Å². The Morgan fingerprint density at radius 3 is 2.37 bits per heavy atom. The van der Waals surface area contributed by atoms with Gasteiger partial charge in [0, 0.05) is 39.8 Å². The first-order valence-corrected chi connectivity index (χ1v) is 7.43. The Bertz CT molecular complexity index is 290. The molecule has 0 aromatic rings. The highest BCUT2D eigenvalue weighted by molar-refractivity contribution is 4.93. The maximum absolute atomic E-state index is 9.20. The van der Waals surface area contributed by atoms with Gasteiger partial charge in [0.2, 0.25) is 0 Å². The highest BCUT2D eigenvalue weighted by Gasteiger charge is 2.24. The third-order valence-electron chi connectivity index (χ3n) is 4.14. The molecule has 110 valence electrons. The molecule has 0 aromatic carbocycles. The van der Waals surface area contributed by atoms with Gasteiger partial charge >= 0.3 is 0 Å². The summed E-state index contributed by atoms with van der Waals surface area (Å²) >= 11 is 0. The SMILES string of the molecule is CCCC(C#N)N1CCN(CCC(C)(C)OC)CC1. The summed E-state index contributed by atoms with van der Waals surface area (Å²) in [6, 6.07) is 2.55. The van der Waals surface area contributed by atoms with E-state index < -0.39 is 0 Å². The normalized spacial score (nSPS) is 20.2. The van der Waals surface area contributed by atoms with Crippen LogP contribution in [0.1, 0.15) is 40.0 Å². The minimum atomic E-state index is -0.0332. The Morgan fingerprint density at radius 1 is 1.26 bits per heavy atom. The number of nitrogens with zero attached hydrogens (tertiary/aromatic N) is 3. The largest absolute Gasteiger partial charge is 0.379 e. The fourth-order valence-corrected chi connectivity index (χ4v) is 2.43. The lowest BCUT2D eigenvalue weighted by atomic mass is 10.0. The minimum Gasteiger partial charge on any atom is -0.379 e. The zero-order valence-electron chi connectivity index (χ0n) is 13.0. The molecule has 0 saturated carbocycles. The monoisotopic (exact) mass is 267 g/mol. The smallest absolute Gasteiger partial charge is 0.0978 e. The lowest BCUT2D eigenvalue weighted by Crippen LogP contribution is -2.50. The third-order valence-corrected chi connectivity index (χ3v) is 4.14. The average molecular weight is 267 g/mol. The van der Waals surface area contributed by atoms with Crippen molar-refractivity contribution >= 4 is 0 Å². The Kier molecular flexibility index (Phi) is 6.78. The van der Waals surface area contributed by atoms with E-state index in [4.69, 9.17) is 4.74 Å². The van der Waals surface area contributed by atoms with Crippen LogP contribution in [0.5, 0.6) is 0 Å². The van der Waals surface area contributed by atoms with E-state index in [1.54, 1.807) is 7.11 Å². The Hall–Kier alpha value is -0.630. The Morgan fingerprint density at radius 2 is 1.89 bits per heavy atom. The summed E-state index contributed by atoms with van der Waals surface area (Å²) in [6.45, 7) is 11.7. The summed E-state index contributed by atoms with van der Waals surface area (Å²) in [7, 11) is 1.78. The van der Waals surface area contributed by atoms with E-state index >= 15 is 0 Å². The van der Waals surface area contributed by atoms with Gasteiger partial charge in [0.15, 0.2) is 0 Å². The number of hydrogen-bond donors (Lipinski definition) is 0. The van der Waals surface area contributed by atoms with Crippen LogP contribution in [0, 0.1) is 11.3 Å². The van der Waals surface area contributed by atoms with Crippen LogP contribution in [0.3, 0.4) is 0 Å². The molecule has 0 amide bonds. The second-order valence-corrected chi connectivity index (χ2v) is 6.02. The van der Waals surface area contributed by atoms with Gasteiger partial charge in [-0.25, -0.2) is 0 Å². The molecule has 4 nitrogen and oxygen atoms in total. The van der Waals surface area contributed by atoms with Crippen LogP contribution in [-0.4, -0.2) is 61.3 Å². The second kappa shape index (κ2) is 7.84. The number of rotatable bonds is 7. The fourth-order valence-electron chi connectivity index (χ4n) is 2.43. The van der Waals surface area contributed by atoms with Gasteiger partial charge in [0.05, 0.1) is 17.7 Å². The molecule has 1 unspecified atom stereocenters. The van der Waals surface area contributed by atoms with Crippen molar-refractivity contribution in [2.45, 2.75) is 51.7 Å². The molecular formula is C15H29N3O. The molecule has 1 heterocycles. The van der Waals surface area contributed by atoms with Crippen molar-refractivity contribution in [2.75, 3.05) is 39.8 Å². The molecule has 0 aliphatic carbocycles. The second-order valence-electron chi connectivity index (χ2n) is 6.02. The van der Waals surface area contributed by atoms with Crippen molar-refractivity contribution in [1.82, 2.24) is 9.80 Å². The zero-order valence-corrected chi connectivity index (χ0v) is 13.0. The molecule has 4 heteroatoms. The van der Waals surface area contributed by atoms with Gasteiger partial charge in [-0.1, -0.05) is 13.3 Å². The zero-order chi connectivity index (χ0) is 14.3.